The van der Waals surface area contributed by atoms with Crippen LogP contribution in [-0.2, 0) is 10.9 Å². The molecule has 1 N–H and O–H groups in total. The molecule has 3 heterocycles. The van der Waals surface area contributed by atoms with Crippen molar-refractivity contribution in [2.24, 2.45) is 0 Å². The molecule has 8 nitrogen and oxygen atoms in total. The summed E-state index contributed by atoms with van der Waals surface area (Å²) in [5.74, 6) is 0.923. The molecule has 2 fully saturated rings. The minimum atomic E-state index is -4.44. The summed E-state index contributed by atoms with van der Waals surface area (Å²) in [5, 5.41) is 3.14. The second kappa shape index (κ2) is 9.57. The lowest BCUT2D eigenvalue weighted by atomic mass is 9.93. The van der Waals surface area contributed by atoms with Gasteiger partial charge in [0, 0.05) is 55.7 Å². The van der Waals surface area contributed by atoms with Crippen LogP contribution in [0.1, 0.15) is 31.2 Å². The Morgan fingerprint density at radius 2 is 1.65 bits per heavy atom. The van der Waals surface area contributed by atoms with Gasteiger partial charge in [-0.15, -0.1) is 0 Å². The minimum Gasteiger partial charge on any atom is -0.488 e. The molecule has 11 heteroatoms. The van der Waals surface area contributed by atoms with Gasteiger partial charge in [0.1, 0.15) is 11.3 Å². The van der Waals surface area contributed by atoms with E-state index in [1.807, 2.05) is 12.1 Å². The summed E-state index contributed by atoms with van der Waals surface area (Å²) in [6.07, 6.45) is 3.69. The van der Waals surface area contributed by atoms with Crippen molar-refractivity contribution in [1.29, 1.82) is 0 Å². The van der Waals surface area contributed by atoms with Crippen LogP contribution in [0.2, 0.25) is 0 Å². The van der Waals surface area contributed by atoms with E-state index in [4.69, 9.17) is 9.47 Å². The fourth-order valence-corrected chi connectivity index (χ4v) is 4.36. The van der Waals surface area contributed by atoms with E-state index in [1.165, 1.54) is 0 Å². The van der Waals surface area contributed by atoms with Crippen LogP contribution in [-0.4, -0.2) is 58.4 Å². The summed E-state index contributed by atoms with van der Waals surface area (Å²) >= 11 is 0. The highest BCUT2D eigenvalue weighted by Crippen LogP contribution is 2.33. The lowest BCUT2D eigenvalue weighted by Gasteiger charge is -2.31. The largest absolute Gasteiger partial charge is 0.488 e. The molecule has 34 heavy (non-hydrogen) atoms. The van der Waals surface area contributed by atoms with Gasteiger partial charge in [-0.05, 0) is 31.7 Å². The Labute approximate surface area is 194 Å². The zero-order valence-corrected chi connectivity index (χ0v) is 18.5. The van der Waals surface area contributed by atoms with E-state index in [2.05, 4.69) is 30.2 Å². The van der Waals surface area contributed by atoms with Gasteiger partial charge < -0.3 is 19.7 Å². The molecule has 0 spiro atoms. The van der Waals surface area contributed by atoms with Crippen molar-refractivity contribution >= 4 is 22.7 Å². The summed E-state index contributed by atoms with van der Waals surface area (Å²) in [7, 11) is 0. The van der Waals surface area contributed by atoms with Crippen LogP contribution in [0.25, 0.3) is 11.0 Å². The zero-order valence-electron chi connectivity index (χ0n) is 18.5. The van der Waals surface area contributed by atoms with Gasteiger partial charge >= 0.3 is 6.18 Å². The zero-order chi connectivity index (χ0) is 23.5. The standard InChI is InChI=1S/C23H25F3N6O2/c24-23(25,26)15-13-29-22(30-14-15)31-16-1-3-18(4-2-16)34-20-12-17(32-7-9-33-10-8-32)11-19-21(20)28-6-5-27-19/h5-6,11-14,16,18H,1-4,7-10H2,(H,29,30,31). The fraction of sp³-hybridized carbons (Fsp3) is 0.478. The summed E-state index contributed by atoms with van der Waals surface area (Å²) < 4.78 is 50.0. The quantitative estimate of drug-likeness (QED) is 0.592. The minimum absolute atomic E-state index is 0.0109. The summed E-state index contributed by atoms with van der Waals surface area (Å²) in [4.78, 5) is 18.8. The van der Waals surface area contributed by atoms with Crippen molar-refractivity contribution in [1.82, 2.24) is 19.9 Å². The van der Waals surface area contributed by atoms with E-state index < -0.39 is 11.7 Å². The van der Waals surface area contributed by atoms with Crippen molar-refractivity contribution < 1.29 is 22.6 Å². The molecule has 0 atom stereocenters. The second-order valence-corrected chi connectivity index (χ2v) is 8.50. The fourth-order valence-electron chi connectivity index (χ4n) is 4.36. The van der Waals surface area contributed by atoms with E-state index in [0.717, 1.165) is 73.6 Å². The number of rotatable bonds is 5. The number of morpholine rings is 1. The van der Waals surface area contributed by atoms with Gasteiger partial charge in [-0.1, -0.05) is 0 Å². The predicted octanol–water partition coefficient (Wildman–Crippen LogP) is 4.08. The van der Waals surface area contributed by atoms with E-state index in [1.54, 1.807) is 12.4 Å². The molecular weight excluding hydrogens is 449 g/mol. The van der Waals surface area contributed by atoms with Gasteiger partial charge in [-0.3, -0.25) is 4.98 Å². The number of aromatic nitrogens is 4. The molecule has 0 radical (unpaired) electrons. The number of fused-ring (bicyclic) bond motifs is 1. The summed E-state index contributed by atoms with van der Waals surface area (Å²) in [6, 6.07) is 4.14. The van der Waals surface area contributed by atoms with Gasteiger partial charge in [-0.2, -0.15) is 13.2 Å². The van der Waals surface area contributed by atoms with Crippen molar-refractivity contribution in [3.05, 3.63) is 42.5 Å². The molecule has 1 saturated heterocycles. The van der Waals surface area contributed by atoms with Crippen LogP contribution < -0.4 is 15.0 Å². The first-order valence-corrected chi connectivity index (χ1v) is 11.4. The van der Waals surface area contributed by atoms with Gasteiger partial charge in [0.2, 0.25) is 5.95 Å². The van der Waals surface area contributed by atoms with E-state index in [9.17, 15) is 13.2 Å². The van der Waals surface area contributed by atoms with Crippen LogP contribution in [0, 0.1) is 0 Å². The molecule has 1 aromatic carbocycles. The Hall–Kier alpha value is -3.21. The molecule has 0 bridgehead atoms. The summed E-state index contributed by atoms with van der Waals surface area (Å²) in [6.45, 7) is 3.00. The predicted molar refractivity (Wildman–Crippen MR) is 120 cm³/mol. The van der Waals surface area contributed by atoms with E-state index in [-0.39, 0.29) is 18.1 Å². The number of hydrogen-bond donors (Lipinski definition) is 1. The van der Waals surface area contributed by atoms with E-state index in [0.29, 0.717) is 13.2 Å². The SMILES string of the molecule is FC(F)(F)c1cnc(NC2CCC(Oc3cc(N4CCOCC4)cc4nccnc34)CC2)nc1. The molecule has 5 rings (SSSR count). The molecule has 3 aromatic rings. The Morgan fingerprint density at radius 1 is 0.941 bits per heavy atom. The maximum atomic E-state index is 12.7. The molecule has 0 unspecified atom stereocenters. The highest BCUT2D eigenvalue weighted by molar-refractivity contribution is 5.85. The van der Waals surface area contributed by atoms with Crippen LogP contribution in [0.15, 0.2) is 36.9 Å². The number of halogens is 3. The second-order valence-electron chi connectivity index (χ2n) is 8.50. The Kier molecular flexibility index (Phi) is 6.36. The van der Waals surface area contributed by atoms with Gasteiger partial charge in [0.25, 0.3) is 0 Å². The Morgan fingerprint density at radius 3 is 2.35 bits per heavy atom. The van der Waals surface area contributed by atoms with Crippen molar-refractivity contribution in [3.8, 4) is 5.75 Å². The van der Waals surface area contributed by atoms with Crippen LogP contribution in [0.3, 0.4) is 0 Å². The first-order valence-electron chi connectivity index (χ1n) is 11.4. The number of nitrogens with zero attached hydrogens (tertiary/aromatic N) is 5. The monoisotopic (exact) mass is 474 g/mol. The van der Waals surface area contributed by atoms with Crippen molar-refractivity contribution in [2.45, 2.75) is 44.0 Å². The third-order valence-corrected chi connectivity index (χ3v) is 6.18. The lowest BCUT2D eigenvalue weighted by molar-refractivity contribution is -0.138. The molecule has 2 aliphatic rings. The first kappa shape index (κ1) is 22.6. The molecule has 1 aliphatic carbocycles. The van der Waals surface area contributed by atoms with Crippen molar-refractivity contribution in [3.63, 3.8) is 0 Å². The highest BCUT2D eigenvalue weighted by Gasteiger charge is 2.31. The third kappa shape index (κ3) is 5.14. The highest BCUT2D eigenvalue weighted by atomic mass is 19.4. The number of ether oxygens (including phenoxy) is 2. The van der Waals surface area contributed by atoms with Crippen LogP contribution in [0.4, 0.5) is 24.8 Å². The number of benzene rings is 1. The molecule has 180 valence electrons. The molecule has 0 amide bonds. The summed E-state index contributed by atoms with van der Waals surface area (Å²) in [5.41, 5.74) is 1.71. The maximum absolute atomic E-state index is 12.7. The normalized spacial score (nSPS) is 21.4. The van der Waals surface area contributed by atoms with Crippen molar-refractivity contribution in [2.75, 3.05) is 36.5 Å². The average Bonchev–Trinajstić information content (AvgIpc) is 2.85. The van der Waals surface area contributed by atoms with E-state index >= 15 is 0 Å². The van der Waals surface area contributed by atoms with Gasteiger partial charge in [0.15, 0.2) is 0 Å². The Balaban J connectivity index is 1.23. The average molecular weight is 474 g/mol. The van der Waals surface area contributed by atoms with Crippen LogP contribution >= 0.6 is 0 Å². The van der Waals surface area contributed by atoms with Gasteiger partial charge in [-0.25, -0.2) is 15.0 Å². The Bertz CT molecular complexity index is 1110. The topological polar surface area (TPSA) is 85.3 Å². The molecule has 1 aliphatic heterocycles. The number of alkyl halides is 3. The van der Waals surface area contributed by atoms with Gasteiger partial charge in [0.05, 0.1) is 30.4 Å². The third-order valence-electron chi connectivity index (χ3n) is 6.18. The maximum Gasteiger partial charge on any atom is 0.419 e. The molecule has 2 aromatic heterocycles. The number of anilines is 2. The first-order chi connectivity index (χ1) is 16.5. The molecular formula is C23H25F3N6O2. The van der Waals surface area contributed by atoms with Crippen LogP contribution in [0.5, 0.6) is 5.75 Å². The number of hydrogen-bond acceptors (Lipinski definition) is 8. The lowest BCUT2D eigenvalue weighted by Crippen LogP contribution is -2.36. The smallest absolute Gasteiger partial charge is 0.419 e. The number of nitrogens with one attached hydrogen (secondary N) is 1. The molecule has 1 saturated carbocycles.